The van der Waals surface area contributed by atoms with E-state index in [1.165, 1.54) is 4.90 Å². The maximum Gasteiger partial charge on any atom is 0.138 e. The van der Waals surface area contributed by atoms with Crippen molar-refractivity contribution in [3.05, 3.63) is 42.0 Å². The summed E-state index contributed by atoms with van der Waals surface area (Å²) in [6.45, 7) is 5.11. The molecule has 0 spiro atoms. The van der Waals surface area contributed by atoms with Crippen LogP contribution in [0.1, 0.15) is 31.3 Å². The Kier molecular flexibility index (Phi) is 5.20. The van der Waals surface area contributed by atoms with E-state index in [1.807, 2.05) is 35.2 Å². The zero-order valence-corrected chi connectivity index (χ0v) is 13.0. The summed E-state index contributed by atoms with van der Waals surface area (Å²) in [5.41, 5.74) is 0.918. The summed E-state index contributed by atoms with van der Waals surface area (Å²) in [6, 6.07) is 8.00. The molecule has 0 saturated carbocycles. The molecule has 0 bridgehead atoms. The van der Waals surface area contributed by atoms with Crippen LogP contribution in [0.15, 0.2) is 35.5 Å². The van der Waals surface area contributed by atoms with E-state index in [1.54, 1.807) is 18.1 Å². The average Bonchev–Trinajstić information content (AvgIpc) is 2.85. The second kappa shape index (κ2) is 6.90. The summed E-state index contributed by atoms with van der Waals surface area (Å²) in [4.78, 5) is 5.45. The molecule has 1 unspecified atom stereocenters. The van der Waals surface area contributed by atoms with Crippen LogP contribution in [0, 0.1) is 5.92 Å². The molecule has 108 valence electrons. The van der Waals surface area contributed by atoms with Gasteiger partial charge in [-0.15, -0.1) is 11.8 Å². The van der Waals surface area contributed by atoms with E-state index in [9.17, 15) is 5.11 Å². The number of hydrogen-bond donors (Lipinski definition) is 1. The lowest BCUT2D eigenvalue weighted by molar-refractivity contribution is 0.173. The summed E-state index contributed by atoms with van der Waals surface area (Å²) in [6.07, 6.45) is 3.55. The highest BCUT2D eigenvalue weighted by molar-refractivity contribution is 7.98. The van der Waals surface area contributed by atoms with E-state index in [0.717, 1.165) is 17.9 Å². The maximum atomic E-state index is 10.3. The SMILES string of the molecule is CSc1ccc(C(O)Cc2ncnn2CC(C)C)cc1. The van der Waals surface area contributed by atoms with Crippen molar-refractivity contribution in [3.63, 3.8) is 0 Å². The molecule has 0 radical (unpaired) electrons. The van der Waals surface area contributed by atoms with Crippen molar-refractivity contribution in [2.45, 2.75) is 37.8 Å². The molecular formula is C15H21N3OS. The molecule has 2 aromatic rings. The molecule has 1 aromatic carbocycles. The molecule has 0 aliphatic rings. The van der Waals surface area contributed by atoms with Gasteiger partial charge >= 0.3 is 0 Å². The Labute approximate surface area is 124 Å². The van der Waals surface area contributed by atoms with Crippen molar-refractivity contribution >= 4 is 11.8 Å². The molecule has 1 atom stereocenters. The summed E-state index contributed by atoms with van der Waals surface area (Å²) in [7, 11) is 0. The molecule has 5 heteroatoms. The van der Waals surface area contributed by atoms with Crippen LogP contribution in [-0.2, 0) is 13.0 Å². The van der Waals surface area contributed by atoms with E-state index in [0.29, 0.717) is 12.3 Å². The van der Waals surface area contributed by atoms with Crippen molar-refractivity contribution in [3.8, 4) is 0 Å². The number of aliphatic hydroxyl groups excluding tert-OH is 1. The number of rotatable bonds is 6. The average molecular weight is 291 g/mol. The zero-order chi connectivity index (χ0) is 14.5. The molecule has 0 amide bonds. The Morgan fingerprint density at radius 2 is 1.95 bits per heavy atom. The van der Waals surface area contributed by atoms with Crippen LogP contribution in [0.25, 0.3) is 0 Å². The van der Waals surface area contributed by atoms with Gasteiger partial charge in [0.1, 0.15) is 12.2 Å². The zero-order valence-electron chi connectivity index (χ0n) is 12.2. The molecule has 0 saturated heterocycles. The first-order valence-electron chi connectivity index (χ1n) is 6.79. The van der Waals surface area contributed by atoms with Gasteiger partial charge in [-0.2, -0.15) is 5.10 Å². The van der Waals surface area contributed by atoms with E-state index in [4.69, 9.17) is 0 Å². The molecule has 20 heavy (non-hydrogen) atoms. The Morgan fingerprint density at radius 1 is 1.25 bits per heavy atom. The van der Waals surface area contributed by atoms with Crippen molar-refractivity contribution in [2.24, 2.45) is 5.92 Å². The van der Waals surface area contributed by atoms with Crippen LogP contribution < -0.4 is 0 Å². The van der Waals surface area contributed by atoms with E-state index < -0.39 is 6.10 Å². The Balaban J connectivity index is 2.06. The van der Waals surface area contributed by atoms with Gasteiger partial charge in [0.05, 0.1) is 6.10 Å². The van der Waals surface area contributed by atoms with Crippen LogP contribution in [0.3, 0.4) is 0 Å². The number of thioether (sulfide) groups is 1. The topological polar surface area (TPSA) is 50.9 Å². The van der Waals surface area contributed by atoms with Gasteiger partial charge in [0.25, 0.3) is 0 Å². The van der Waals surface area contributed by atoms with E-state index in [-0.39, 0.29) is 0 Å². The molecular weight excluding hydrogens is 270 g/mol. The van der Waals surface area contributed by atoms with Crippen LogP contribution in [0.5, 0.6) is 0 Å². The molecule has 2 rings (SSSR count). The highest BCUT2D eigenvalue weighted by Gasteiger charge is 2.13. The van der Waals surface area contributed by atoms with Crippen molar-refractivity contribution in [2.75, 3.05) is 6.26 Å². The minimum Gasteiger partial charge on any atom is -0.388 e. The van der Waals surface area contributed by atoms with Crippen molar-refractivity contribution < 1.29 is 5.11 Å². The number of aromatic nitrogens is 3. The lowest BCUT2D eigenvalue weighted by atomic mass is 10.1. The molecule has 4 nitrogen and oxygen atoms in total. The fourth-order valence-electron chi connectivity index (χ4n) is 2.06. The molecule has 1 heterocycles. The smallest absolute Gasteiger partial charge is 0.138 e. The normalized spacial score (nSPS) is 12.8. The predicted molar refractivity (Wildman–Crippen MR) is 81.7 cm³/mol. The summed E-state index contributed by atoms with van der Waals surface area (Å²) < 4.78 is 1.88. The van der Waals surface area contributed by atoms with Crippen molar-refractivity contribution in [1.29, 1.82) is 0 Å². The lowest BCUT2D eigenvalue weighted by Gasteiger charge is -2.13. The highest BCUT2D eigenvalue weighted by atomic mass is 32.2. The van der Waals surface area contributed by atoms with Crippen molar-refractivity contribution in [1.82, 2.24) is 14.8 Å². The quantitative estimate of drug-likeness (QED) is 0.831. The van der Waals surface area contributed by atoms with Gasteiger partial charge in [-0.05, 0) is 29.9 Å². The Hall–Kier alpha value is -1.33. The summed E-state index contributed by atoms with van der Waals surface area (Å²) in [5.74, 6) is 1.34. The molecule has 0 fully saturated rings. The number of benzene rings is 1. The van der Waals surface area contributed by atoms with E-state index in [2.05, 4.69) is 23.9 Å². The highest BCUT2D eigenvalue weighted by Crippen LogP contribution is 2.21. The van der Waals surface area contributed by atoms with E-state index >= 15 is 0 Å². The minimum absolute atomic E-state index is 0.491. The third-order valence-electron chi connectivity index (χ3n) is 3.11. The van der Waals surface area contributed by atoms with Gasteiger partial charge in [0, 0.05) is 17.9 Å². The molecule has 0 aliphatic carbocycles. The van der Waals surface area contributed by atoms with Gasteiger partial charge in [0.15, 0.2) is 0 Å². The van der Waals surface area contributed by atoms with Gasteiger partial charge in [0.2, 0.25) is 0 Å². The fraction of sp³-hybridized carbons (Fsp3) is 0.467. The van der Waals surface area contributed by atoms with Gasteiger partial charge in [-0.3, -0.25) is 0 Å². The van der Waals surface area contributed by atoms with Crippen LogP contribution in [0.4, 0.5) is 0 Å². The third kappa shape index (κ3) is 3.84. The summed E-state index contributed by atoms with van der Waals surface area (Å²) >= 11 is 1.70. The number of hydrogen-bond acceptors (Lipinski definition) is 4. The molecule has 1 aromatic heterocycles. The Morgan fingerprint density at radius 3 is 2.55 bits per heavy atom. The second-order valence-electron chi connectivity index (χ2n) is 5.25. The second-order valence-corrected chi connectivity index (χ2v) is 6.12. The molecule has 1 N–H and O–H groups in total. The third-order valence-corrected chi connectivity index (χ3v) is 3.85. The lowest BCUT2D eigenvalue weighted by Crippen LogP contribution is -2.13. The largest absolute Gasteiger partial charge is 0.388 e. The number of nitrogens with zero attached hydrogens (tertiary/aromatic N) is 3. The van der Waals surface area contributed by atoms with Gasteiger partial charge in [-0.25, -0.2) is 9.67 Å². The molecule has 0 aliphatic heterocycles. The fourth-order valence-corrected chi connectivity index (χ4v) is 2.47. The maximum absolute atomic E-state index is 10.3. The Bertz CT molecular complexity index is 536. The van der Waals surface area contributed by atoms with Crippen LogP contribution in [-0.4, -0.2) is 26.1 Å². The first-order valence-corrected chi connectivity index (χ1v) is 8.01. The monoisotopic (exact) mass is 291 g/mol. The minimum atomic E-state index is -0.541. The van der Waals surface area contributed by atoms with Gasteiger partial charge < -0.3 is 5.11 Å². The van der Waals surface area contributed by atoms with Gasteiger partial charge in [-0.1, -0.05) is 26.0 Å². The summed E-state index contributed by atoms with van der Waals surface area (Å²) in [5, 5.41) is 14.5. The number of aliphatic hydroxyl groups is 1. The standard InChI is InChI=1S/C15H21N3OS/c1-11(2)9-18-15(16-10-17-18)8-14(19)12-4-6-13(20-3)7-5-12/h4-7,10-11,14,19H,8-9H2,1-3H3. The van der Waals surface area contributed by atoms with Crippen LogP contribution in [0.2, 0.25) is 0 Å². The first-order chi connectivity index (χ1) is 9.60. The first kappa shape index (κ1) is 15.1. The van der Waals surface area contributed by atoms with Crippen LogP contribution >= 0.6 is 11.8 Å². The predicted octanol–water partition coefficient (Wildman–Crippen LogP) is 2.93.